The molecule has 162 valence electrons. The van der Waals surface area contributed by atoms with Crippen molar-refractivity contribution in [3.05, 3.63) is 95.8 Å². The van der Waals surface area contributed by atoms with Gasteiger partial charge in [-0.3, -0.25) is 0 Å². The maximum absolute atomic E-state index is 2.47. The van der Waals surface area contributed by atoms with E-state index < -0.39 is 0 Å². The molecular formula is C30H33N2+. The Balaban J connectivity index is 1.76. The molecule has 1 aromatic heterocycles. The molecule has 3 aromatic carbocycles. The molecule has 32 heavy (non-hydrogen) atoms. The fourth-order valence-corrected chi connectivity index (χ4v) is 5.14. The number of fused-ring (bicyclic) bond motifs is 3. The lowest BCUT2D eigenvalue weighted by molar-refractivity contribution is -0.671. The topological polar surface area (TPSA) is 8.81 Å². The molecule has 2 nitrogen and oxygen atoms in total. The highest BCUT2D eigenvalue weighted by atomic mass is 15.2. The molecule has 0 N–H and O–H groups in total. The van der Waals surface area contributed by atoms with E-state index in [9.17, 15) is 0 Å². The number of rotatable bonds is 6. The molecule has 1 aliphatic rings. The van der Waals surface area contributed by atoms with Crippen molar-refractivity contribution in [3.63, 3.8) is 0 Å². The molecule has 2 heterocycles. The van der Waals surface area contributed by atoms with E-state index in [1.165, 1.54) is 44.9 Å². The molecule has 0 saturated carbocycles. The predicted octanol–water partition coefficient (Wildman–Crippen LogP) is 6.86. The van der Waals surface area contributed by atoms with Gasteiger partial charge >= 0.3 is 0 Å². The summed E-state index contributed by atoms with van der Waals surface area (Å²) in [7, 11) is 0. The molecule has 1 aliphatic heterocycles. The first kappa shape index (κ1) is 20.8. The van der Waals surface area contributed by atoms with Crippen molar-refractivity contribution in [1.82, 2.24) is 4.57 Å². The molecule has 0 radical (unpaired) electrons. The normalized spacial score (nSPS) is 12.4. The molecular weight excluding hydrogens is 388 g/mol. The lowest BCUT2D eigenvalue weighted by Gasteiger charge is -2.18. The molecule has 0 saturated heterocycles. The van der Waals surface area contributed by atoms with Crippen LogP contribution in [0.15, 0.2) is 79.1 Å². The van der Waals surface area contributed by atoms with Gasteiger partial charge in [0, 0.05) is 16.7 Å². The summed E-state index contributed by atoms with van der Waals surface area (Å²) in [4.78, 5) is 0. The molecule has 0 aliphatic carbocycles. The van der Waals surface area contributed by atoms with E-state index in [0.29, 0.717) is 11.8 Å². The zero-order valence-corrected chi connectivity index (χ0v) is 19.7. The fourth-order valence-electron chi connectivity index (χ4n) is 5.14. The second kappa shape index (κ2) is 8.43. The predicted molar refractivity (Wildman–Crippen MR) is 133 cm³/mol. The fraction of sp³-hybridized carbons (Fsp3) is 0.300. The summed E-state index contributed by atoms with van der Waals surface area (Å²) >= 11 is 0. The molecule has 0 amide bonds. The van der Waals surface area contributed by atoms with Gasteiger partial charge in [-0.15, -0.1) is 0 Å². The summed E-state index contributed by atoms with van der Waals surface area (Å²) in [6.07, 6.45) is 6.66. The van der Waals surface area contributed by atoms with Crippen LogP contribution in [-0.4, -0.2) is 4.57 Å². The zero-order chi connectivity index (χ0) is 22.2. The average Bonchev–Trinajstić information content (AvgIpc) is 3.33. The Hall–Kier alpha value is -3.13. The molecule has 5 rings (SSSR count). The van der Waals surface area contributed by atoms with Gasteiger partial charge in [0.2, 0.25) is 0 Å². The second-order valence-corrected chi connectivity index (χ2v) is 9.98. The van der Waals surface area contributed by atoms with Crippen LogP contribution in [0.5, 0.6) is 0 Å². The van der Waals surface area contributed by atoms with Gasteiger partial charge in [0.15, 0.2) is 0 Å². The number of benzene rings is 3. The highest BCUT2D eigenvalue weighted by Crippen LogP contribution is 2.35. The van der Waals surface area contributed by atoms with E-state index >= 15 is 0 Å². The highest BCUT2D eigenvalue weighted by molar-refractivity contribution is 5.71. The van der Waals surface area contributed by atoms with E-state index in [4.69, 9.17) is 0 Å². The monoisotopic (exact) mass is 421 g/mol. The van der Waals surface area contributed by atoms with Gasteiger partial charge in [0.05, 0.1) is 5.56 Å². The largest absolute Gasteiger partial charge is 0.294 e. The molecule has 0 unspecified atom stereocenters. The minimum Gasteiger partial charge on any atom is -0.225 e. The van der Waals surface area contributed by atoms with Crippen LogP contribution in [0.2, 0.25) is 0 Å². The summed E-state index contributed by atoms with van der Waals surface area (Å²) in [6.45, 7) is 10.3. The Morgan fingerprint density at radius 2 is 1.41 bits per heavy atom. The Morgan fingerprint density at radius 1 is 0.781 bits per heavy atom. The molecule has 2 heteroatoms. The standard InChI is InChI=1S/C30H33N2/c1-21(2)16-26-18-25(23-10-6-5-7-11-23)19-27(17-22(3)4)29(26)32-15-14-31-20-24-12-8-9-13-28(24)30(31)32/h5-15,18-19,21-22H,16-17,20H2,1-4H3/q+1. The van der Waals surface area contributed by atoms with Crippen LogP contribution in [0.3, 0.4) is 0 Å². The number of hydrogen-bond donors (Lipinski definition) is 0. The van der Waals surface area contributed by atoms with Crippen LogP contribution in [0.25, 0.3) is 28.2 Å². The number of imidazole rings is 1. The van der Waals surface area contributed by atoms with E-state index in [1.807, 2.05) is 0 Å². The second-order valence-electron chi connectivity index (χ2n) is 9.98. The lowest BCUT2D eigenvalue weighted by Crippen LogP contribution is -2.30. The Bertz CT molecular complexity index is 1210. The van der Waals surface area contributed by atoms with Crippen molar-refractivity contribution in [2.24, 2.45) is 11.8 Å². The SMILES string of the molecule is CC(C)Cc1cc(-c2ccccc2)cc(CC(C)C)c1-n1cc[n+]2c1-c1ccccc1C2. The smallest absolute Gasteiger partial charge is 0.225 e. The van der Waals surface area contributed by atoms with E-state index in [2.05, 4.69) is 116 Å². The van der Waals surface area contributed by atoms with Crippen molar-refractivity contribution >= 4 is 0 Å². The third-order valence-electron chi connectivity index (χ3n) is 6.37. The summed E-state index contributed by atoms with van der Waals surface area (Å²) in [6, 6.07) is 24.5. The van der Waals surface area contributed by atoms with Crippen LogP contribution >= 0.6 is 0 Å². The summed E-state index contributed by atoms with van der Waals surface area (Å²) < 4.78 is 4.87. The quantitative estimate of drug-likeness (QED) is 0.265. The first-order valence-electron chi connectivity index (χ1n) is 11.9. The van der Waals surface area contributed by atoms with Crippen LogP contribution in [0.4, 0.5) is 0 Å². The van der Waals surface area contributed by atoms with E-state index in [-0.39, 0.29) is 0 Å². The zero-order valence-electron chi connectivity index (χ0n) is 19.7. The average molecular weight is 422 g/mol. The van der Waals surface area contributed by atoms with Crippen molar-refractivity contribution in [2.45, 2.75) is 47.1 Å². The minimum atomic E-state index is 0.593. The Kier molecular flexibility index (Phi) is 5.46. The molecule has 4 aromatic rings. The summed E-state index contributed by atoms with van der Waals surface area (Å²) in [5, 5.41) is 0. The van der Waals surface area contributed by atoms with Gasteiger partial charge in [-0.1, -0.05) is 76.2 Å². The Labute approximate surface area is 192 Å². The van der Waals surface area contributed by atoms with Crippen molar-refractivity contribution in [1.29, 1.82) is 0 Å². The minimum absolute atomic E-state index is 0.593. The first-order valence-corrected chi connectivity index (χ1v) is 11.9. The molecule has 0 bridgehead atoms. The van der Waals surface area contributed by atoms with Gasteiger partial charge < -0.3 is 0 Å². The number of aromatic nitrogens is 2. The van der Waals surface area contributed by atoms with Gasteiger partial charge in [0.25, 0.3) is 5.82 Å². The third kappa shape index (κ3) is 3.79. The first-order chi connectivity index (χ1) is 15.5. The van der Waals surface area contributed by atoms with Crippen molar-refractivity contribution in [3.8, 4) is 28.2 Å². The van der Waals surface area contributed by atoms with Crippen LogP contribution in [0, 0.1) is 11.8 Å². The Morgan fingerprint density at radius 3 is 2.06 bits per heavy atom. The summed E-state index contributed by atoms with van der Waals surface area (Å²) in [5.41, 5.74) is 9.67. The maximum Gasteiger partial charge on any atom is 0.294 e. The van der Waals surface area contributed by atoms with Crippen LogP contribution < -0.4 is 4.57 Å². The lowest BCUT2D eigenvalue weighted by atomic mass is 9.90. The van der Waals surface area contributed by atoms with Gasteiger partial charge in [0.1, 0.15) is 24.6 Å². The van der Waals surface area contributed by atoms with E-state index in [1.54, 1.807) is 0 Å². The molecule has 0 atom stereocenters. The molecule has 0 fully saturated rings. The van der Waals surface area contributed by atoms with E-state index in [0.717, 1.165) is 19.4 Å². The third-order valence-corrected chi connectivity index (χ3v) is 6.37. The summed E-state index contributed by atoms with van der Waals surface area (Å²) in [5.74, 6) is 2.49. The van der Waals surface area contributed by atoms with Crippen LogP contribution in [0.1, 0.15) is 44.4 Å². The van der Waals surface area contributed by atoms with Gasteiger partial charge in [-0.05, 0) is 54.0 Å². The number of nitrogens with zero attached hydrogens (tertiary/aromatic N) is 2. The van der Waals surface area contributed by atoms with Crippen LogP contribution in [-0.2, 0) is 19.4 Å². The number of hydrogen-bond acceptors (Lipinski definition) is 0. The van der Waals surface area contributed by atoms with Gasteiger partial charge in [-0.2, -0.15) is 4.57 Å². The van der Waals surface area contributed by atoms with Crippen molar-refractivity contribution in [2.75, 3.05) is 0 Å². The molecule has 0 spiro atoms. The van der Waals surface area contributed by atoms with Gasteiger partial charge in [-0.25, -0.2) is 4.57 Å². The maximum atomic E-state index is 2.47. The van der Waals surface area contributed by atoms with Crippen molar-refractivity contribution < 1.29 is 4.57 Å². The highest BCUT2D eigenvalue weighted by Gasteiger charge is 2.32.